The number of hydrogen-bond acceptors (Lipinski definition) is 2. The highest BCUT2D eigenvalue weighted by Crippen LogP contribution is 2.34. The second-order valence-electron chi connectivity index (χ2n) is 3.44. The zero-order valence-corrected chi connectivity index (χ0v) is 9.19. The van der Waals surface area contributed by atoms with E-state index in [0.717, 1.165) is 11.3 Å². The summed E-state index contributed by atoms with van der Waals surface area (Å²) in [5, 5.41) is 2.18. The van der Waals surface area contributed by atoms with Gasteiger partial charge in [0, 0.05) is 21.7 Å². The van der Waals surface area contributed by atoms with Crippen LogP contribution in [0.1, 0.15) is 10.4 Å². The van der Waals surface area contributed by atoms with Crippen LogP contribution in [0.25, 0.3) is 11.1 Å². The molecule has 0 aliphatic rings. The molecule has 0 amide bonds. The van der Waals surface area contributed by atoms with E-state index < -0.39 is 0 Å². The van der Waals surface area contributed by atoms with Crippen molar-refractivity contribution in [2.24, 2.45) is 0 Å². The predicted octanol–water partition coefficient (Wildman–Crippen LogP) is 3.61. The van der Waals surface area contributed by atoms with Crippen LogP contribution in [0.2, 0.25) is 0 Å². The fourth-order valence-corrected chi connectivity index (χ4v) is 2.56. The molecule has 0 unspecified atom stereocenters. The third-order valence-corrected chi connectivity index (χ3v) is 3.42. The highest BCUT2D eigenvalue weighted by molar-refractivity contribution is 7.10. The van der Waals surface area contributed by atoms with Gasteiger partial charge in [-0.2, -0.15) is 0 Å². The molecular weight excluding hydrogens is 190 g/mol. The summed E-state index contributed by atoms with van der Waals surface area (Å²) in [6, 6.07) is 8.03. The van der Waals surface area contributed by atoms with Gasteiger partial charge in [0.2, 0.25) is 0 Å². The molecule has 2 N–H and O–H groups in total. The molecule has 2 heteroatoms. The van der Waals surface area contributed by atoms with Gasteiger partial charge in [0.05, 0.1) is 0 Å². The summed E-state index contributed by atoms with van der Waals surface area (Å²) in [6.45, 7) is 4.27. The third-order valence-electron chi connectivity index (χ3n) is 2.39. The number of nitrogen functional groups attached to an aromatic ring is 1. The van der Waals surface area contributed by atoms with Crippen LogP contribution in [-0.2, 0) is 0 Å². The lowest BCUT2D eigenvalue weighted by atomic mass is 10.0. The Labute approximate surface area is 88.2 Å². The number of thiophene rings is 1. The molecule has 14 heavy (non-hydrogen) atoms. The number of hydrogen-bond donors (Lipinski definition) is 1. The zero-order valence-electron chi connectivity index (χ0n) is 8.37. The van der Waals surface area contributed by atoms with Gasteiger partial charge in [-0.3, -0.25) is 0 Å². The van der Waals surface area contributed by atoms with Crippen LogP contribution >= 0.6 is 11.3 Å². The Kier molecular flexibility index (Phi) is 2.30. The lowest BCUT2D eigenvalue weighted by molar-refractivity contribution is 1.48. The highest BCUT2D eigenvalue weighted by Gasteiger charge is 2.09. The maximum absolute atomic E-state index is 5.95. The van der Waals surface area contributed by atoms with Crippen molar-refractivity contribution >= 4 is 17.0 Å². The van der Waals surface area contributed by atoms with Crippen molar-refractivity contribution in [2.45, 2.75) is 13.8 Å². The van der Waals surface area contributed by atoms with Gasteiger partial charge < -0.3 is 5.73 Å². The molecule has 0 aliphatic carbocycles. The minimum atomic E-state index is 0.858. The molecule has 0 bridgehead atoms. The molecule has 0 atom stereocenters. The Morgan fingerprint density at radius 3 is 2.43 bits per heavy atom. The quantitative estimate of drug-likeness (QED) is 0.704. The van der Waals surface area contributed by atoms with Gasteiger partial charge >= 0.3 is 0 Å². The van der Waals surface area contributed by atoms with Crippen LogP contribution < -0.4 is 5.73 Å². The predicted molar refractivity (Wildman–Crippen MR) is 63.6 cm³/mol. The molecule has 1 aromatic heterocycles. The fourth-order valence-electron chi connectivity index (χ4n) is 1.70. The molecule has 0 aliphatic heterocycles. The first-order valence-corrected chi connectivity index (χ1v) is 5.47. The Morgan fingerprint density at radius 2 is 1.86 bits per heavy atom. The summed E-state index contributed by atoms with van der Waals surface area (Å²) < 4.78 is 0. The first kappa shape index (κ1) is 9.28. The molecule has 72 valence electrons. The van der Waals surface area contributed by atoms with Gasteiger partial charge in [0.15, 0.2) is 0 Å². The SMILES string of the molecule is Cc1csc(C)c1-c1ccccc1N. The van der Waals surface area contributed by atoms with E-state index in [-0.39, 0.29) is 0 Å². The van der Waals surface area contributed by atoms with Gasteiger partial charge in [-0.15, -0.1) is 11.3 Å². The molecule has 1 aromatic carbocycles. The molecular formula is C12H13NS. The standard InChI is InChI=1S/C12H13NS/c1-8-7-14-9(2)12(8)10-5-3-4-6-11(10)13/h3-7H,13H2,1-2H3. The summed E-state index contributed by atoms with van der Waals surface area (Å²) in [7, 11) is 0. The van der Waals surface area contributed by atoms with E-state index in [1.807, 2.05) is 18.2 Å². The minimum Gasteiger partial charge on any atom is -0.398 e. The topological polar surface area (TPSA) is 26.0 Å². The van der Waals surface area contributed by atoms with E-state index >= 15 is 0 Å². The minimum absolute atomic E-state index is 0.858. The van der Waals surface area contributed by atoms with Crippen molar-refractivity contribution < 1.29 is 0 Å². The molecule has 2 aromatic rings. The Balaban J connectivity index is 2.66. The lowest BCUT2D eigenvalue weighted by Gasteiger charge is -2.06. The second-order valence-corrected chi connectivity index (χ2v) is 4.52. The monoisotopic (exact) mass is 203 g/mol. The second kappa shape index (κ2) is 3.46. The van der Waals surface area contributed by atoms with Crippen LogP contribution in [0.3, 0.4) is 0 Å². The van der Waals surface area contributed by atoms with Gasteiger partial charge in [0.1, 0.15) is 0 Å². The Bertz CT molecular complexity index is 438. The van der Waals surface area contributed by atoms with Crippen molar-refractivity contribution in [3.63, 3.8) is 0 Å². The van der Waals surface area contributed by atoms with E-state index in [9.17, 15) is 0 Å². The van der Waals surface area contributed by atoms with Crippen LogP contribution in [-0.4, -0.2) is 0 Å². The zero-order chi connectivity index (χ0) is 10.1. The summed E-state index contributed by atoms with van der Waals surface area (Å²) in [6.07, 6.45) is 0. The van der Waals surface area contributed by atoms with E-state index in [4.69, 9.17) is 5.73 Å². The number of rotatable bonds is 1. The first-order valence-electron chi connectivity index (χ1n) is 4.59. The smallest absolute Gasteiger partial charge is 0.0394 e. The number of anilines is 1. The average molecular weight is 203 g/mol. The molecule has 1 heterocycles. The van der Waals surface area contributed by atoms with E-state index in [2.05, 4.69) is 25.3 Å². The number of aryl methyl sites for hydroxylation is 2. The van der Waals surface area contributed by atoms with Gasteiger partial charge in [-0.25, -0.2) is 0 Å². The summed E-state index contributed by atoms with van der Waals surface area (Å²) in [5.41, 5.74) is 10.6. The van der Waals surface area contributed by atoms with Crippen LogP contribution in [0.4, 0.5) is 5.69 Å². The first-order chi connectivity index (χ1) is 6.70. The van der Waals surface area contributed by atoms with Gasteiger partial charge in [0.25, 0.3) is 0 Å². The third kappa shape index (κ3) is 1.42. The van der Waals surface area contributed by atoms with Gasteiger partial charge in [-0.05, 0) is 30.9 Å². The molecule has 0 saturated carbocycles. The summed E-state index contributed by atoms with van der Waals surface area (Å²) in [5.74, 6) is 0. The van der Waals surface area contributed by atoms with Crippen molar-refractivity contribution in [2.75, 3.05) is 5.73 Å². The maximum Gasteiger partial charge on any atom is 0.0394 e. The van der Waals surface area contributed by atoms with Crippen LogP contribution in [0.15, 0.2) is 29.6 Å². The van der Waals surface area contributed by atoms with Crippen molar-refractivity contribution in [3.8, 4) is 11.1 Å². The average Bonchev–Trinajstić information content (AvgIpc) is 2.48. The van der Waals surface area contributed by atoms with E-state index in [0.29, 0.717) is 0 Å². The molecule has 0 fully saturated rings. The molecule has 0 radical (unpaired) electrons. The van der Waals surface area contributed by atoms with Crippen LogP contribution in [0, 0.1) is 13.8 Å². The molecule has 0 spiro atoms. The molecule has 1 nitrogen and oxygen atoms in total. The highest BCUT2D eigenvalue weighted by atomic mass is 32.1. The largest absolute Gasteiger partial charge is 0.398 e. The van der Waals surface area contributed by atoms with E-state index in [1.165, 1.54) is 16.0 Å². The Hall–Kier alpha value is -1.28. The van der Waals surface area contributed by atoms with Gasteiger partial charge in [-0.1, -0.05) is 18.2 Å². The fraction of sp³-hybridized carbons (Fsp3) is 0.167. The number of nitrogens with two attached hydrogens (primary N) is 1. The van der Waals surface area contributed by atoms with Crippen molar-refractivity contribution in [1.82, 2.24) is 0 Å². The Morgan fingerprint density at radius 1 is 1.14 bits per heavy atom. The summed E-state index contributed by atoms with van der Waals surface area (Å²) in [4.78, 5) is 1.33. The van der Waals surface area contributed by atoms with Crippen LogP contribution in [0.5, 0.6) is 0 Å². The van der Waals surface area contributed by atoms with E-state index in [1.54, 1.807) is 11.3 Å². The number of benzene rings is 1. The summed E-state index contributed by atoms with van der Waals surface area (Å²) >= 11 is 1.78. The molecule has 0 saturated heterocycles. The maximum atomic E-state index is 5.95. The number of para-hydroxylation sites is 1. The van der Waals surface area contributed by atoms with Crippen molar-refractivity contribution in [3.05, 3.63) is 40.1 Å². The lowest BCUT2D eigenvalue weighted by Crippen LogP contribution is -1.90. The van der Waals surface area contributed by atoms with Crippen molar-refractivity contribution in [1.29, 1.82) is 0 Å². The normalized spacial score (nSPS) is 10.4. The molecule has 2 rings (SSSR count).